The second kappa shape index (κ2) is 8.36. The third-order valence-corrected chi connectivity index (χ3v) is 2.82. The molecule has 1 amide bonds. The predicted molar refractivity (Wildman–Crippen MR) is 87.2 cm³/mol. The molecule has 7 nitrogen and oxygen atoms in total. The number of carbonyl (C=O) groups excluding carboxylic acids is 2. The Morgan fingerprint density at radius 3 is 2.65 bits per heavy atom. The van der Waals surface area contributed by atoms with Crippen LogP contribution >= 0.6 is 0 Å². The van der Waals surface area contributed by atoms with Gasteiger partial charge in [0.1, 0.15) is 5.56 Å². The van der Waals surface area contributed by atoms with Crippen LogP contribution in [0.4, 0.5) is 0 Å². The van der Waals surface area contributed by atoms with Gasteiger partial charge < -0.3 is 14.8 Å². The van der Waals surface area contributed by atoms with Crippen molar-refractivity contribution in [2.45, 2.75) is 46.6 Å². The van der Waals surface area contributed by atoms with Gasteiger partial charge in [-0.15, -0.1) is 0 Å². The van der Waals surface area contributed by atoms with Crippen molar-refractivity contribution in [3.63, 3.8) is 0 Å². The van der Waals surface area contributed by atoms with E-state index in [1.807, 2.05) is 20.8 Å². The van der Waals surface area contributed by atoms with Crippen molar-refractivity contribution >= 4 is 18.1 Å². The van der Waals surface area contributed by atoms with Gasteiger partial charge in [-0.3, -0.25) is 4.79 Å². The number of hydrogen-bond donors (Lipinski definition) is 1. The van der Waals surface area contributed by atoms with E-state index >= 15 is 0 Å². The molecule has 0 saturated carbocycles. The lowest BCUT2D eigenvalue weighted by atomic mass is 10.1. The van der Waals surface area contributed by atoms with Crippen LogP contribution in [0.2, 0.25) is 0 Å². The van der Waals surface area contributed by atoms with E-state index in [4.69, 9.17) is 9.47 Å². The van der Waals surface area contributed by atoms with Crippen molar-refractivity contribution in [2.24, 2.45) is 0 Å². The minimum Gasteiger partial charge on any atom is -0.477 e. The molecule has 0 spiro atoms. The van der Waals surface area contributed by atoms with E-state index in [0.717, 1.165) is 6.42 Å². The molecule has 0 radical (unpaired) electrons. The molecule has 1 rings (SSSR count). The lowest BCUT2D eigenvalue weighted by Crippen LogP contribution is -2.40. The van der Waals surface area contributed by atoms with Crippen LogP contribution in [0.25, 0.3) is 6.20 Å². The third kappa shape index (κ3) is 5.77. The summed E-state index contributed by atoms with van der Waals surface area (Å²) >= 11 is 0. The van der Waals surface area contributed by atoms with Gasteiger partial charge in [-0.1, -0.05) is 6.92 Å². The van der Waals surface area contributed by atoms with Crippen molar-refractivity contribution in [3.8, 4) is 5.88 Å². The maximum Gasteiger partial charge on any atom is 0.345 e. The molecule has 0 aromatic carbocycles. The third-order valence-electron chi connectivity index (χ3n) is 2.82. The van der Waals surface area contributed by atoms with Gasteiger partial charge in [0.2, 0.25) is 11.8 Å². The summed E-state index contributed by atoms with van der Waals surface area (Å²) < 4.78 is 12.1. The van der Waals surface area contributed by atoms with E-state index in [-0.39, 0.29) is 18.1 Å². The summed E-state index contributed by atoms with van der Waals surface area (Å²) in [4.78, 5) is 23.1. The van der Waals surface area contributed by atoms with Crippen molar-refractivity contribution < 1.29 is 19.1 Å². The maximum atomic E-state index is 12.0. The van der Waals surface area contributed by atoms with E-state index in [1.54, 1.807) is 19.2 Å². The summed E-state index contributed by atoms with van der Waals surface area (Å²) in [5.41, 5.74) is -0.272. The summed E-state index contributed by atoms with van der Waals surface area (Å²) in [6.07, 6.45) is 5.64. The average Bonchev–Trinajstić information content (AvgIpc) is 2.85. The second-order valence-electron chi connectivity index (χ2n) is 5.60. The number of esters is 1. The van der Waals surface area contributed by atoms with E-state index in [2.05, 4.69) is 10.4 Å². The highest BCUT2D eigenvalue weighted by Gasteiger charge is 2.20. The van der Waals surface area contributed by atoms with Gasteiger partial charge in [0.05, 0.1) is 24.9 Å². The van der Waals surface area contributed by atoms with Crippen molar-refractivity contribution in [3.05, 3.63) is 17.8 Å². The molecule has 0 unspecified atom stereocenters. The smallest absolute Gasteiger partial charge is 0.345 e. The van der Waals surface area contributed by atoms with Gasteiger partial charge in [-0.05, 0) is 33.3 Å². The molecule has 1 aromatic rings. The van der Waals surface area contributed by atoms with Crippen molar-refractivity contribution in [2.75, 3.05) is 13.2 Å². The number of carbonyl (C=O) groups is 2. The number of nitrogens with one attached hydrogen (secondary N) is 1. The molecule has 128 valence electrons. The van der Waals surface area contributed by atoms with Crippen LogP contribution < -0.4 is 10.1 Å². The zero-order chi connectivity index (χ0) is 17.5. The number of amides is 1. The summed E-state index contributed by atoms with van der Waals surface area (Å²) in [6, 6.07) is 0. The molecule has 1 aromatic heterocycles. The fraction of sp³-hybridized carbons (Fsp3) is 0.562. The number of ether oxygens (including phenoxy) is 2. The minimum absolute atomic E-state index is 0.130. The van der Waals surface area contributed by atoms with Gasteiger partial charge in [-0.25, -0.2) is 9.48 Å². The highest BCUT2D eigenvalue weighted by atomic mass is 16.5. The quantitative estimate of drug-likeness (QED) is 0.742. The van der Waals surface area contributed by atoms with Gasteiger partial charge in [-0.2, -0.15) is 5.10 Å². The van der Waals surface area contributed by atoms with E-state index in [0.29, 0.717) is 12.5 Å². The highest BCUT2D eigenvalue weighted by molar-refractivity contribution is 5.92. The minimum atomic E-state index is -0.552. The molecular weight excluding hydrogens is 298 g/mol. The van der Waals surface area contributed by atoms with Gasteiger partial charge >= 0.3 is 5.97 Å². The highest BCUT2D eigenvalue weighted by Crippen LogP contribution is 2.21. The maximum absolute atomic E-state index is 12.0. The first-order valence-corrected chi connectivity index (χ1v) is 7.66. The SMILES string of the molecule is CCCOc1c(C(=O)OCC)cnn1/C=C/C(C)(C)NC(C)=O. The molecule has 0 fully saturated rings. The largest absolute Gasteiger partial charge is 0.477 e. The fourth-order valence-corrected chi connectivity index (χ4v) is 1.90. The molecule has 23 heavy (non-hydrogen) atoms. The molecule has 7 heteroatoms. The van der Waals surface area contributed by atoms with Crippen LogP contribution in [0.3, 0.4) is 0 Å². The van der Waals surface area contributed by atoms with Crippen LogP contribution in [-0.4, -0.2) is 40.4 Å². The first-order chi connectivity index (χ1) is 10.8. The first kappa shape index (κ1) is 18.7. The summed E-state index contributed by atoms with van der Waals surface area (Å²) in [5.74, 6) is -0.269. The summed E-state index contributed by atoms with van der Waals surface area (Å²) in [6.45, 7) is 9.62. The molecule has 0 aliphatic heterocycles. The lowest BCUT2D eigenvalue weighted by Gasteiger charge is -2.21. The van der Waals surface area contributed by atoms with E-state index in [1.165, 1.54) is 17.8 Å². The Balaban J connectivity index is 3.05. The summed E-state index contributed by atoms with van der Waals surface area (Å²) in [5, 5.41) is 6.95. The number of nitrogens with zero attached hydrogens (tertiary/aromatic N) is 2. The summed E-state index contributed by atoms with van der Waals surface area (Å²) in [7, 11) is 0. The molecule has 0 saturated heterocycles. The number of aromatic nitrogens is 2. The standard InChI is InChI=1S/C16H25N3O4/c1-6-10-23-14-13(15(21)22-7-2)11-17-19(14)9-8-16(4,5)18-12(3)20/h8-9,11H,6-7,10H2,1-5H3,(H,18,20)/b9-8+. The topological polar surface area (TPSA) is 82.4 Å². The van der Waals surface area contributed by atoms with Crippen LogP contribution in [0.1, 0.15) is 51.4 Å². The normalized spacial score (nSPS) is 11.5. The number of rotatable bonds is 8. The van der Waals surface area contributed by atoms with Gasteiger partial charge in [0.15, 0.2) is 0 Å². The molecule has 0 bridgehead atoms. The van der Waals surface area contributed by atoms with E-state index < -0.39 is 11.5 Å². The molecule has 0 aliphatic rings. The van der Waals surface area contributed by atoms with Crippen LogP contribution in [0.5, 0.6) is 5.88 Å². The Morgan fingerprint density at radius 2 is 2.09 bits per heavy atom. The second-order valence-corrected chi connectivity index (χ2v) is 5.60. The zero-order valence-electron chi connectivity index (χ0n) is 14.4. The molecule has 0 aliphatic carbocycles. The Bertz CT molecular complexity index is 576. The Hall–Kier alpha value is -2.31. The Kier molecular flexibility index (Phi) is 6.81. The van der Waals surface area contributed by atoms with Gasteiger partial charge in [0, 0.05) is 13.1 Å². The van der Waals surface area contributed by atoms with Crippen LogP contribution in [0.15, 0.2) is 12.3 Å². The Labute approximate surface area is 136 Å². The zero-order valence-corrected chi connectivity index (χ0v) is 14.4. The average molecular weight is 323 g/mol. The van der Waals surface area contributed by atoms with Crippen molar-refractivity contribution in [1.29, 1.82) is 0 Å². The van der Waals surface area contributed by atoms with Crippen molar-refractivity contribution in [1.82, 2.24) is 15.1 Å². The fourth-order valence-electron chi connectivity index (χ4n) is 1.90. The molecule has 0 atom stereocenters. The first-order valence-electron chi connectivity index (χ1n) is 7.66. The van der Waals surface area contributed by atoms with Crippen LogP contribution in [-0.2, 0) is 9.53 Å². The molecular formula is C16H25N3O4. The van der Waals surface area contributed by atoms with Gasteiger partial charge in [0.25, 0.3) is 0 Å². The Morgan fingerprint density at radius 1 is 1.39 bits per heavy atom. The van der Waals surface area contributed by atoms with Crippen LogP contribution in [0, 0.1) is 0 Å². The lowest BCUT2D eigenvalue weighted by molar-refractivity contribution is -0.120. The predicted octanol–water partition coefficient (Wildman–Crippen LogP) is 2.23. The molecule has 1 N–H and O–H groups in total. The molecule has 1 heterocycles. The van der Waals surface area contributed by atoms with E-state index in [9.17, 15) is 9.59 Å². The monoisotopic (exact) mass is 323 g/mol. The number of hydrogen-bond acceptors (Lipinski definition) is 5.